The van der Waals surface area contributed by atoms with Gasteiger partial charge >= 0.3 is 17.7 Å². The van der Waals surface area contributed by atoms with Crippen molar-refractivity contribution in [1.82, 2.24) is 8.87 Å². The monoisotopic (exact) mass is 608 g/mol. The van der Waals surface area contributed by atoms with E-state index < -0.39 is 63.5 Å². The van der Waals surface area contributed by atoms with Crippen LogP contribution in [0.1, 0.15) is 30.4 Å². The zero-order valence-corrected chi connectivity index (χ0v) is 24.4. The Bertz CT molecular complexity index is 1800. The first-order valence-corrected chi connectivity index (χ1v) is 14.5. The number of carbonyl (C=O) groups excluding carboxylic acids is 5. The highest BCUT2D eigenvalue weighted by Crippen LogP contribution is 2.37. The van der Waals surface area contributed by atoms with E-state index in [0.717, 1.165) is 28.7 Å². The third kappa shape index (κ3) is 5.62. The molecule has 1 aromatic heterocycles. The van der Waals surface area contributed by atoms with Crippen molar-refractivity contribution >= 4 is 56.2 Å². The summed E-state index contributed by atoms with van der Waals surface area (Å²) in [5.74, 6) is -5.46. The Labute approximate surface area is 246 Å². The molecule has 3 aromatic rings. The average molecular weight is 609 g/mol. The number of aromatic nitrogens is 1. The van der Waals surface area contributed by atoms with Gasteiger partial charge in [0.15, 0.2) is 0 Å². The number of carbonyl (C=O) groups is 5. The first-order valence-electron chi connectivity index (χ1n) is 13.1. The number of hydrogen-bond acceptors (Lipinski definition) is 9. The molecule has 1 unspecified atom stereocenters. The topological polar surface area (TPSA) is 183 Å². The summed E-state index contributed by atoms with van der Waals surface area (Å²) in [6, 6.07) is 12.8. The highest BCUT2D eigenvalue weighted by atomic mass is 32.2. The number of para-hydroxylation sites is 1. The Hall–Kier alpha value is -4.94. The lowest BCUT2D eigenvalue weighted by molar-refractivity contribution is -0.164. The van der Waals surface area contributed by atoms with Crippen molar-refractivity contribution in [3.05, 3.63) is 71.4 Å². The lowest BCUT2D eigenvalue weighted by atomic mass is 9.71. The summed E-state index contributed by atoms with van der Waals surface area (Å²) in [6.45, 7) is 1.71. The number of Topliss-reactive ketones (excluding diaryl/α,β-unsaturated/α-hetero) is 1. The fourth-order valence-electron chi connectivity index (χ4n) is 5.16. The van der Waals surface area contributed by atoms with E-state index in [1.165, 1.54) is 18.3 Å². The van der Waals surface area contributed by atoms with Crippen LogP contribution in [0.2, 0.25) is 0 Å². The van der Waals surface area contributed by atoms with Gasteiger partial charge in [-0.2, -0.15) is 4.79 Å². The molecule has 14 heteroatoms. The number of imide groups is 1. The zero-order chi connectivity index (χ0) is 31.5. The Morgan fingerprint density at radius 3 is 2.33 bits per heavy atom. The van der Waals surface area contributed by atoms with Gasteiger partial charge in [-0.05, 0) is 43.5 Å². The number of likely N-dealkylation sites (tertiary alicyclic amines) is 1. The molecule has 1 aliphatic heterocycles. The predicted octanol–water partition coefficient (Wildman–Crippen LogP) is 1.84. The molecule has 13 nitrogen and oxygen atoms in total. The van der Waals surface area contributed by atoms with Crippen LogP contribution in [0.5, 0.6) is 0 Å². The maximum Gasteiger partial charge on any atom is 0.442 e. The van der Waals surface area contributed by atoms with Crippen LogP contribution in [0.15, 0.2) is 59.6 Å². The van der Waals surface area contributed by atoms with Gasteiger partial charge in [0.1, 0.15) is 5.41 Å². The second-order valence-electron chi connectivity index (χ2n) is 10.0. The molecule has 0 aliphatic carbocycles. The number of ether oxygens (including phenoxy) is 2. The van der Waals surface area contributed by atoms with Crippen molar-refractivity contribution in [2.24, 2.45) is 5.41 Å². The number of fused-ring (bicyclic) bond motifs is 1. The van der Waals surface area contributed by atoms with Crippen molar-refractivity contribution in [1.29, 1.82) is 0 Å². The van der Waals surface area contributed by atoms with Crippen molar-refractivity contribution in [2.75, 3.05) is 20.8 Å². The summed E-state index contributed by atoms with van der Waals surface area (Å²) in [7, 11) is -2.08. The summed E-state index contributed by atoms with van der Waals surface area (Å²) in [5.41, 5.74) is 7.46. The SMILES string of the molecule is COC(=O)CC1(C(=O)C(=[N+]=[N-])C(=O)OC)CCCN(C(=O)Cc2cn(S(=O)(=O)c3ccc(C)cc3)c3ccccc23)C1=O. The van der Waals surface area contributed by atoms with Crippen molar-refractivity contribution in [2.45, 2.75) is 37.5 Å². The van der Waals surface area contributed by atoms with Gasteiger partial charge in [-0.25, -0.2) is 17.2 Å². The summed E-state index contributed by atoms with van der Waals surface area (Å²) in [4.78, 5) is 68.9. The quantitative estimate of drug-likeness (QED) is 0.115. The third-order valence-electron chi connectivity index (χ3n) is 7.42. The molecule has 0 radical (unpaired) electrons. The molecule has 1 saturated heterocycles. The molecule has 43 heavy (non-hydrogen) atoms. The minimum absolute atomic E-state index is 0.0426. The largest absolute Gasteiger partial charge is 0.469 e. The minimum Gasteiger partial charge on any atom is -0.469 e. The van der Waals surface area contributed by atoms with Gasteiger partial charge in [-0.1, -0.05) is 35.9 Å². The third-order valence-corrected chi connectivity index (χ3v) is 9.11. The Morgan fingerprint density at radius 2 is 1.70 bits per heavy atom. The summed E-state index contributed by atoms with van der Waals surface area (Å²) in [5, 5.41) is 0.452. The fraction of sp³-hybridized carbons (Fsp3) is 0.310. The number of piperidine rings is 1. The Morgan fingerprint density at radius 1 is 1.02 bits per heavy atom. The van der Waals surface area contributed by atoms with Crippen LogP contribution in [0.3, 0.4) is 0 Å². The first-order chi connectivity index (χ1) is 20.4. The van der Waals surface area contributed by atoms with Crippen molar-refractivity contribution in [3.63, 3.8) is 0 Å². The number of methoxy groups -OCH3 is 2. The Kier molecular flexibility index (Phi) is 8.74. The summed E-state index contributed by atoms with van der Waals surface area (Å²) >= 11 is 0. The highest BCUT2D eigenvalue weighted by molar-refractivity contribution is 7.90. The zero-order valence-electron chi connectivity index (χ0n) is 23.6. The van der Waals surface area contributed by atoms with Crippen LogP contribution in [-0.2, 0) is 49.9 Å². The molecule has 2 amide bonds. The number of aryl methyl sites for hydroxylation is 1. The number of ketones is 1. The van der Waals surface area contributed by atoms with E-state index in [4.69, 9.17) is 0 Å². The minimum atomic E-state index is -4.05. The van der Waals surface area contributed by atoms with E-state index in [0.29, 0.717) is 16.5 Å². The molecular formula is C29H28N4O9S. The molecule has 1 fully saturated rings. The summed E-state index contributed by atoms with van der Waals surface area (Å²) in [6.07, 6.45) is -0.109. The maximum atomic E-state index is 13.8. The van der Waals surface area contributed by atoms with Crippen LogP contribution in [0.4, 0.5) is 0 Å². The molecule has 1 atom stereocenters. The summed E-state index contributed by atoms with van der Waals surface area (Å²) < 4.78 is 37.3. The number of esters is 2. The van der Waals surface area contributed by atoms with Crippen LogP contribution in [0, 0.1) is 12.3 Å². The van der Waals surface area contributed by atoms with E-state index in [1.807, 2.05) is 6.92 Å². The van der Waals surface area contributed by atoms with E-state index in [9.17, 15) is 37.9 Å². The normalized spacial score (nSPS) is 16.8. The van der Waals surface area contributed by atoms with E-state index in [2.05, 4.69) is 14.3 Å². The number of nitrogens with zero attached hydrogens (tertiary/aromatic N) is 4. The van der Waals surface area contributed by atoms with E-state index in [-0.39, 0.29) is 24.3 Å². The number of benzene rings is 2. The Balaban J connectivity index is 1.73. The fourth-order valence-corrected chi connectivity index (χ4v) is 6.55. The number of hydrogen-bond donors (Lipinski definition) is 0. The lowest BCUT2D eigenvalue weighted by Crippen LogP contribution is -2.58. The van der Waals surface area contributed by atoms with Gasteiger partial charge in [0.05, 0.1) is 37.5 Å². The van der Waals surface area contributed by atoms with Crippen molar-refractivity contribution < 1.29 is 46.7 Å². The highest BCUT2D eigenvalue weighted by Gasteiger charge is 2.58. The van der Waals surface area contributed by atoms with Crippen LogP contribution in [0.25, 0.3) is 16.4 Å². The van der Waals surface area contributed by atoms with Crippen LogP contribution in [-0.4, -0.2) is 78.1 Å². The molecular weight excluding hydrogens is 580 g/mol. The molecule has 1 aliphatic rings. The number of rotatable bonds is 9. The molecule has 0 saturated carbocycles. The van der Waals surface area contributed by atoms with Gasteiger partial charge in [0, 0.05) is 18.1 Å². The second-order valence-corrected chi connectivity index (χ2v) is 11.8. The lowest BCUT2D eigenvalue weighted by Gasteiger charge is -2.37. The standard InChI is InChI=1S/C29H28N4O9S/c1-18-9-11-20(12-10-18)43(39,40)33-17-19(21-7-4-5-8-22(21)33)15-23(34)32-14-6-13-29(28(32)38,16-24(35)41-2)26(36)25(31-30)27(37)42-3/h4-5,7-12,17H,6,13-16H2,1-3H3. The molecule has 0 N–H and O–H groups in total. The molecule has 2 heterocycles. The van der Waals surface area contributed by atoms with E-state index in [1.54, 1.807) is 36.4 Å². The van der Waals surface area contributed by atoms with Gasteiger partial charge in [-0.3, -0.25) is 24.1 Å². The van der Waals surface area contributed by atoms with Crippen molar-refractivity contribution in [3.8, 4) is 0 Å². The molecule has 2 aromatic carbocycles. The van der Waals surface area contributed by atoms with Gasteiger partial charge < -0.3 is 15.0 Å². The van der Waals surface area contributed by atoms with E-state index >= 15 is 0 Å². The first kappa shape index (κ1) is 31.0. The predicted molar refractivity (Wildman–Crippen MR) is 150 cm³/mol. The molecule has 224 valence electrons. The smallest absolute Gasteiger partial charge is 0.442 e. The molecule has 4 rings (SSSR count). The average Bonchev–Trinajstić information content (AvgIpc) is 3.37. The molecule has 0 spiro atoms. The van der Waals surface area contributed by atoms with Gasteiger partial charge in [0.2, 0.25) is 11.8 Å². The maximum absolute atomic E-state index is 13.8. The van der Waals surface area contributed by atoms with Gasteiger partial charge in [0.25, 0.3) is 15.8 Å². The molecule has 0 bridgehead atoms. The van der Waals surface area contributed by atoms with Crippen LogP contribution < -0.4 is 0 Å². The number of amides is 2. The van der Waals surface area contributed by atoms with Gasteiger partial charge in [-0.15, -0.1) is 0 Å². The second kappa shape index (κ2) is 12.1. The van der Waals surface area contributed by atoms with Crippen LogP contribution >= 0.6 is 0 Å².